The van der Waals surface area contributed by atoms with Crippen molar-refractivity contribution < 1.29 is 20.2 Å². The van der Waals surface area contributed by atoms with Crippen LogP contribution in [0.1, 0.15) is 18.2 Å². The number of carbonyl (C=O) groups is 2. The van der Waals surface area contributed by atoms with Crippen molar-refractivity contribution in [1.82, 2.24) is 0 Å². The molecule has 52 valence electrons. The summed E-state index contributed by atoms with van der Waals surface area (Å²) in [6, 6.07) is 0. The van der Waals surface area contributed by atoms with E-state index in [2.05, 4.69) is 0 Å². The van der Waals surface area contributed by atoms with E-state index < -0.39 is 31.0 Å². The largest absolute Gasteiger partial charge is 0.481 e. The summed E-state index contributed by atoms with van der Waals surface area (Å²) in [6.45, 7) is -0.736. The van der Waals surface area contributed by atoms with E-state index in [9.17, 15) is 9.59 Å². The first-order valence-corrected chi connectivity index (χ1v) is 2.14. The molecule has 0 radical (unpaired) electrons. The zero-order chi connectivity index (χ0) is 10.9. The Hall–Kier alpha value is -0.900. The molecule has 0 aliphatic heterocycles. The fourth-order valence-corrected chi connectivity index (χ4v) is 0.174. The van der Waals surface area contributed by atoms with Crippen molar-refractivity contribution in [3.63, 3.8) is 0 Å². The molecule has 0 aliphatic carbocycles. The van der Waals surface area contributed by atoms with Crippen molar-refractivity contribution in [3.05, 3.63) is 0 Å². The molecule has 2 atom stereocenters. The van der Waals surface area contributed by atoms with Crippen LogP contribution in [0.2, 0.25) is 0 Å². The van der Waals surface area contributed by atoms with Crippen molar-refractivity contribution in [2.75, 3.05) is 6.54 Å². The van der Waals surface area contributed by atoms with Gasteiger partial charge >= 0.3 is 5.97 Å². The molecule has 0 amide bonds. The highest BCUT2D eigenvalue weighted by atomic mass is 16.4. The molecule has 0 aromatic carbocycles. The highest BCUT2D eigenvalue weighted by Gasteiger charge is 2.01. The Morgan fingerprint density at radius 1 is 1.89 bits per heavy atom. The lowest BCUT2D eigenvalue weighted by atomic mass is 10.6. The first-order chi connectivity index (χ1) is 5.67. The van der Waals surface area contributed by atoms with Gasteiger partial charge in [0.25, 0.3) is 0 Å². The third-order valence-electron chi connectivity index (χ3n) is 0.494. The lowest BCUT2D eigenvalue weighted by Crippen LogP contribution is -2.14. The lowest BCUT2D eigenvalue weighted by Gasteiger charge is -1.90. The van der Waals surface area contributed by atoms with Crippen molar-refractivity contribution in [3.8, 4) is 0 Å². The molecule has 0 bridgehead atoms. The van der Waals surface area contributed by atoms with Crippen molar-refractivity contribution in [1.29, 1.82) is 0 Å². The summed E-state index contributed by atoms with van der Waals surface area (Å²) in [5.41, 5.74) is 4.81. The zero-order valence-electron chi connectivity index (χ0n) is 8.55. The normalized spacial score (nSPS) is 29.4. The van der Waals surface area contributed by atoms with Crippen molar-refractivity contribution in [2.45, 2.75) is 12.7 Å². The maximum Gasteiger partial charge on any atom is 0.303 e. The molecule has 3 N–H and O–H groups in total. The second-order valence-electron chi connectivity index (χ2n) is 1.18. The van der Waals surface area contributed by atoms with E-state index in [1.54, 1.807) is 0 Å². The number of ketones is 1. The van der Waals surface area contributed by atoms with Gasteiger partial charge in [-0.2, -0.15) is 0 Å². The minimum Gasteiger partial charge on any atom is -0.481 e. The van der Waals surface area contributed by atoms with Crippen molar-refractivity contribution in [2.24, 2.45) is 5.73 Å². The first kappa shape index (κ1) is 3.31. The minimum atomic E-state index is -3.26. The van der Waals surface area contributed by atoms with Gasteiger partial charge in [0.05, 0.1) is 12.9 Å². The predicted octanol–water partition coefficient (Wildman–Crippen LogP) is -0.621. The maximum atomic E-state index is 10.8. The molecule has 0 fully saturated rings. The molecule has 0 rings (SSSR count). The van der Waals surface area contributed by atoms with E-state index in [-0.39, 0.29) is 0 Å². The highest BCUT2D eigenvalue weighted by molar-refractivity contribution is 5.83. The lowest BCUT2D eigenvalue weighted by molar-refractivity contribution is -0.138. The van der Waals surface area contributed by atoms with Gasteiger partial charge < -0.3 is 10.8 Å². The highest BCUT2D eigenvalue weighted by Crippen LogP contribution is 1.87. The molecule has 0 saturated carbocycles. The predicted molar refractivity (Wildman–Crippen MR) is 30.9 cm³/mol. The van der Waals surface area contributed by atoms with Crippen LogP contribution in [0, 0.1) is 0 Å². The number of rotatable bonds is 4. The van der Waals surface area contributed by atoms with E-state index in [0.29, 0.717) is 0 Å². The summed E-state index contributed by atoms with van der Waals surface area (Å²) in [6.07, 6.45) is -6.36. The van der Waals surface area contributed by atoms with Crippen LogP contribution in [0.3, 0.4) is 0 Å². The van der Waals surface area contributed by atoms with Gasteiger partial charge in [-0.3, -0.25) is 9.59 Å². The van der Waals surface area contributed by atoms with Crippen LogP contribution >= 0.6 is 0 Å². The molecular weight excluding hydrogens is 126 g/mol. The molecule has 0 heterocycles. The number of nitrogens with two attached hydrogens (primary N) is 1. The van der Waals surface area contributed by atoms with Gasteiger partial charge in [0.2, 0.25) is 0 Å². The van der Waals surface area contributed by atoms with E-state index >= 15 is 0 Å². The summed E-state index contributed by atoms with van der Waals surface area (Å²) in [7, 11) is 0. The third-order valence-corrected chi connectivity index (χ3v) is 0.494. The van der Waals surface area contributed by atoms with Gasteiger partial charge in [0, 0.05) is 11.9 Å². The number of Topliss-reactive ketones (excluding diaryl/α,β-unsaturated/α-hetero) is 1. The molecule has 9 heavy (non-hydrogen) atoms. The molecule has 4 nitrogen and oxygen atoms in total. The van der Waals surface area contributed by atoms with E-state index in [4.69, 9.17) is 16.3 Å². The van der Waals surface area contributed by atoms with Crippen LogP contribution in [0.4, 0.5) is 0 Å². The Bertz CT molecular complexity index is 240. The van der Waals surface area contributed by atoms with Crippen LogP contribution in [0.15, 0.2) is 0 Å². The quantitative estimate of drug-likeness (QED) is 0.546. The van der Waals surface area contributed by atoms with Crippen LogP contribution < -0.4 is 5.73 Å². The fraction of sp³-hybridized carbons (Fsp3) is 0.600. The summed E-state index contributed by atoms with van der Waals surface area (Å²) >= 11 is 0. The van der Waals surface area contributed by atoms with Crippen LogP contribution in [0.25, 0.3) is 0 Å². The van der Waals surface area contributed by atoms with Crippen LogP contribution in [-0.2, 0) is 9.59 Å². The van der Waals surface area contributed by atoms with Gasteiger partial charge in [0.1, 0.15) is 5.78 Å². The minimum absolute atomic E-state index is 0.736. The molecule has 4 heteroatoms. The SMILES string of the molecule is [2H][14C@@]([3H])(C(=O)O)[14C@]([2H])([3H])C(=O)CN. The van der Waals surface area contributed by atoms with Crippen molar-refractivity contribution >= 4 is 11.8 Å². The van der Waals surface area contributed by atoms with Gasteiger partial charge in [-0.25, -0.2) is 0 Å². The summed E-state index contributed by atoms with van der Waals surface area (Å²) in [4.78, 5) is 21.1. The second-order valence-corrected chi connectivity index (χ2v) is 1.18. The van der Waals surface area contributed by atoms with Gasteiger partial charge in [-0.1, -0.05) is 0 Å². The van der Waals surface area contributed by atoms with Gasteiger partial charge in [-0.15, -0.1) is 0 Å². The Morgan fingerprint density at radius 3 is 2.78 bits per heavy atom. The monoisotopic (exact) mass is 141 g/mol. The molecule has 0 saturated heterocycles. The molecule has 0 aromatic heterocycles. The molecule has 0 aliphatic rings. The number of hydrogen-bond acceptors (Lipinski definition) is 3. The number of carboxylic acids is 1. The van der Waals surface area contributed by atoms with E-state index in [1.807, 2.05) is 0 Å². The number of hydrogen-bond donors (Lipinski definition) is 2. The smallest absolute Gasteiger partial charge is 0.303 e. The van der Waals surface area contributed by atoms with E-state index in [0.717, 1.165) is 0 Å². The van der Waals surface area contributed by atoms with Crippen LogP contribution in [-0.4, -0.2) is 23.4 Å². The second kappa shape index (κ2) is 4.03. The summed E-state index contributed by atoms with van der Waals surface area (Å²) in [5, 5.41) is 8.31. The summed E-state index contributed by atoms with van der Waals surface area (Å²) in [5.74, 6) is -3.31. The Morgan fingerprint density at radius 2 is 2.44 bits per heavy atom. The number of carboxylic acid groups (broad SMARTS) is 1. The fourth-order valence-electron chi connectivity index (χ4n) is 0.174. The molecule has 0 spiro atoms. The van der Waals surface area contributed by atoms with E-state index in [1.165, 1.54) is 0 Å². The first-order valence-electron chi connectivity index (χ1n) is 4.14. The Labute approximate surface area is 58.3 Å². The molecular formula is C5H9NO3. The maximum absolute atomic E-state index is 10.8. The number of aliphatic carboxylic acids is 1. The number of carbonyl (C=O) groups excluding carboxylic acids is 1. The third kappa shape index (κ3) is 4.96. The average Bonchev–Trinajstić information content (AvgIpc) is 2.02. The Balaban J connectivity index is 5.02. The summed E-state index contributed by atoms with van der Waals surface area (Å²) < 4.78 is 27.6. The van der Waals surface area contributed by atoms with Crippen LogP contribution in [0.5, 0.6) is 0 Å². The standard InChI is InChI=1S/C5H9NO3/c6-3-4(7)1-2-5(8)9/h1-3,6H2,(H,8,9)/i1+2TD,2+2TD/t1-,2-/m0/s1. The topological polar surface area (TPSA) is 80.4 Å². The van der Waals surface area contributed by atoms with Gasteiger partial charge in [0.15, 0.2) is 0 Å². The molecule has 0 unspecified atom stereocenters. The Kier molecular flexibility index (Phi) is 1.48. The zero-order valence-corrected chi connectivity index (χ0v) is 4.55. The van der Waals surface area contributed by atoms with Gasteiger partial charge in [-0.05, 0) is 0 Å². The molecule has 0 aromatic rings. The average molecular weight is 141 g/mol.